The lowest BCUT2D eigenvalue weighted by atomic mass is 9.97. The Balaban J connectivity index is 0.00000147. The number of hydrogen-bond acceptors (Lipinski definition) is 1. The van der Waals surface area contributed by atoms with Crippen LogP contribution in [0.4, 0.5) is 4.39 Å². The highest BCUT2D eigenvalue weighted by Crippen LogP contribution is 2.45. The average Bonchev–Trinajstić information content (AvgIpc) is 3.23. The molecule has 1 saturated carbocycles. The molecule has 0 spiro atoms. The lowest BCUT2D eigenvalue weighted by molar-refractivity contribution is 0.585. The van der Waals surface area contributed by atoms with Crippen molar-refractivity contribution in [3.63, 3.8) is 0 Å². The van der Waals surface area contributed by atoms with Gasteiger partial charge in [-0.2, -0.15) is 0 Å². The third-order valence-electron chi connectivity index (χ3n) is 4.08. The van der Waals surface area contributed by atoms with Crippen molar-refractivity contribution in [1.29, 1.82) is 0 Å². The van der Waals surface area contributed by atoms with E-state index in [-0.39, 0.29) is 23.8 Å². The van der Waals surface area contributed by atoms with E-state index in [1.165, 1.54) is 5.56 Å². The third kappa shape index (κ3) is 2.58. The van der Waals surface area contributed by atoms with E-state index in [2.05, 4.69) is 17.4 Å². The fourth-order valence-corrected chi connectivity index (χ4v) is 2.65. The molecule has 1 nitrogen and oxygen atoms in total. The zero-order valence-corrected chi connectivity index (χ0v) is 12.6. The van der Waals surface area contributed by atoms with Crippen molar-refractivity contribution in [1.82, 2.24) is 5.32 Å². The van der Waals surface area contributed by atoms with E-state index in [0.29, 0.717) is 5.56 Å². The Hall–Kier alpha value is -1.38. The molecule has 0 bridgehead atoms. The van der Waals surface area contributed by atoms with Gasteiger partial charge in [0.05, 0.1) is 0 Å². The van der Waals surface area contributed by atoms with Crippen LogP contribution < -0.4 is 5.32 Å². The van der Waals surface area contributed by atoms with E-state index in [1.54, 1.807) is 12.1 Å². The summed E-state index contributed by atoms with van der Waals surface area (Å²) in [6, 6.07) is 13.5. The minimum atomic E-state index is -0.156. The van der Waals surface area contributed by atoms with E-state index in [1.807, 2.05) is 32.2 Å². The first-order chi connectivity index (χ1) is 9.14. The second kappa shape index (κ2) is 5.55. The highest BCUT2D eigenvalue weighted by Gasteiger charge is 2.42. The number of nitrogens with one attached hydrogen (secondary N) is 1. The molecule has 1 N–H and O–H groups in total. The van der Waals surface area contributed by atoms with Crippen LogP contribution in [-0.4, -0.2) is 7.05 Å². The molecule has 0 radical (unpaired) electrons. The molecular formula is C17H19ClFN. The Kier molecular flexibility index (Phi) is 4.17. The summed E-state index contributed by atoms with van der Waals surface area (Å²) in [4.78, 5) is 0. The van der Waals surface area contributed by atoms with E-state index < -0.39 is 0 Å². The first-order valence-electron chi connectivity index (χ1n) is 6.71. The van der Waals surface area contributed by atoms with Crippen LogP contribution in [0, 0.1) is 12.7 Å². The Morgan fingerprint density at radius 1 is 1.10 bits per heavy atom. The molecule has 0 atom stereocenters. The molecule has 1 aliphatic rings. The molecule has 0 saturated heterocycles. The normalized spacial score (nSPS) is 15.6. The van der Waals surface area contributed by atoms with E-state index in [4.69, 9.17) is 0 Å². The van der Waals surface area contributed by atoms with Gasteiger partial charge >= 0.3 is 0 Å². The maximum absolute atomic E-state index is 14.0. The molecule has 1 fully saturated rings. The summed E-state index contributed by atoms with van der Waals surface area (Å²) >= 11 is 0. The third-order valence-corrected chi connectivity index (χ3v) is 4.08. The number of benzene rings is 2. The topological polar surface area (TPSA) is 12.0 Å². The zero-order chi connectivity index (χ0) is 13.5. The summed E-state index contributed by atoms with van der Waals surface area (Å²) in [5, 5.41) is 3.38. The molecule has 3 heteroatoms. The molecule has 0 amide bonds. The van der Waals surface area contributed by atoms with Crippen molar-refractivity contribution in [2.75, 3.05) is 7.05 Å². The van der Waals surface area contributed by atoms with Crippen LogP contribution in [0.15, 0.2) is 42.5 Å². The smallest absolute Gasteiger partial charge is 0.131 e. The predicted octanol–water partition coefficient (Wildman–Crippen LogP) is 4.43. The maximum Gasteiger partial charge on any atom is 0.131 e. The van der Waals surface area contributed by atoms with Crippen LogP contribution in [0.3, 0.4) is 0 Å². The van der Waals surface area contributed by atoms with Gasteiger partial charge in [0.1, 0.15) is 5.82 Å². The molecule has 0 aromatic heterocycles. The van der Waals surface area contributed by atoms with Crippen molar-refractivity contribution in [2.45, 2.75) is 25.3 Å². The van der Waals surface area contributed by atoms with Crippen molar-refractivity contribution in [3.8, 4) is 11.1 Å². The molecule has 0 aliphatic heterocycles. The summed E-state index contributed by atoms with van der Waals surface area (Å²) < 4.78 is 14.0. The Morgan fingerprint density at radius 2 is 1.85 bits per heavy atom. The van der Waals surface area contributed by atoms with E-state index in [0.717, 1.165) is 24.0 Å². The van der Waals surface area contributed by atoms with Gasteiger partial charge in [-0.25, -0.2) is 4.39 Å². The SMILES string of the molecule is CNC1(c2cccc(-c3cc(C)ccc3F)c2)CC1.Cl. The van der Waals surface area contributed by atoms with E-state index in [9.17, 15) is 4.39 Å². The van der Waals surface area contributed by atoms with Crippen LogP contribution in [0.5, 0.6) is 0 Å². The Morgan fingerprint density at radius 3 is 2.50 bits per heavy atom. The fourth-order valence-electron chi connectivity index (χ4n) is 2.65. The maximum atomic E-state index is 14.0. The summed E-state index contributed by atoms with van der Waals surface area (Å²) in [5.74, 6) is -0.156. The number of aryl methyl sites for hydroxylation is 1. The highest BCUT2D eigenvalue weighted by atomic mass is 35.5. The van der Waals surface area contributed by atoms with Gasteiger partial charge in [-0.1, -0.05) is 29.8 Å². The average molecular weight is 292 g/mol. The highest BCUT2D eigenvalue weighted by molar-refractivity contribution is 5.85. The second-order valence-electron chi connectivity index (χ2n) is 5.40. The lowest BCUT2D eigenvalue weighted by Gasteiger charge is -2.16. The molecule has 20 heavy (non-hydrogen) atoms. The van der Waals surface area contributed by atoms with Crippen LogP contribution >= 0.6 is 12.4 Å². The standard InChI is InChI=1S/C17H18FN.ClH/c1-12-6-7-16(18)15(10-12)13-4-3-5-14(11-13)17(19-2)8-9-17;/h3-7,10-11,19H,8-9H2,1-2H3;1H. The van der Waals surface area contributed by atoms with Crippen LogP contribution in [0.2, 0.25) is 0 Å². The number of hydrogen-bond donors (Lipinski definition) is 1. The van der Waals surface area contributed by atoms with Crippen LogP contribution in [0.25, 0.3) is 11.1 Å². The minimum Gasteiger partial charge on any atom is -0.310 e. The van der Waals surface area contributed by atoms with Crippen LogP contribution in [-0.2, 0) is 5.54 Å². The monoisotopic (exact) mass is 291 g/mol. The summed E-state index contributed by atoms with van der Waals surface area (Å²) in [5.41, 5.74) is 4.11. The number of rotatable bonds is 3. The molecular weight excluding hydrogens is 273 g/mol. The quantitative estimate of drug-likeness (QED) is 0.882. The van der Waals surface area contributed by atoms with Gasteiger partial charge in [0.15, 0.2) is 0 Å². The molecule has 2 aromatic carbocycles. The van der Waals surface area contributed by atoms with Gasteiger partial charge in [0.25, 0.3) is 0 Å². The molecule has 3 rings (SSSR count). The van der Waals surface area contributed by atoms with Crippen molar-refractivity contribution in [2.24, 2.45) is 0 Å². The van der Waals surface area contributed by atoms with Crippen molar-refractivity contribution < 1.29 is 4.39 Å². The van der Waals surface area contributed by atoms with Gasteiger partial charge < -0.3 is 5.32 Å². The fraction of sp³-hybridized carbons (Fsp3) is 0.294. The van der Waals surface area contributed by atoms with Crippen LogP contribution in [0.1, 0.15) is 24.0 Å². The molecule has 1 aliphatic carbocycles. The summed E-state index contributed by atoms with van der Waals surface area (Å²) in [6.07, 6.45) is 2.31. The first kappa shape index (κ1) is 15.0. The first-order valence-corrected chi connectivity index (χ1v) is 6.71. The molecule has 2 aromatic rings. The molecule has 0 heterocycles. The zero-order valence-electron chi connectivity index (χ0n) is 11.7. The van der Waals surface area contributed by atoms with Crippen molar-refractivity contribution >= 4 is 12.4 Å². The lowest BCUT2D eigenvalue weighted by Crippen LogP contribution is -2.24. The summed E-state index contributed by atoms with van der Waals surface area (Å²) in [6.45, 7) is 1.99. The van der Waals surface area contributed by atoms with Gasteiger partial charge in [-0.15, -0.1) is 12.4 Å². The predicted molar refractivity (Wildman–Crippen MR) is 83.8 cm³/mol. The van der Waals surface area contributed by atoms with E-state index >= 15 is 0 Å². The molecule has 0 unspecified atom stereocenters. The Bertz CT molecular complexity index is 620. The summed E-state index contributed by atoms with van der Waals surface area (Å²) in [7, 11) is 1.99. The molecule has 106 valence electrons. The minimum absolute atomic E-state index is 0. The van der Waals surface area contributed by atoms with Crippen molar-refractivity contribution in [3.05, 3.63) is 59.4 Å². The van der Waals surface area contributed by atoms with Gasteiger partial charge in [-0.05, 0) is 56.1 Å². The largest absolute Gasteiger partial charge is 0.310 e. The Labute approximate surface area is 125 Å². The van der Waals surface area contributed by atoms with Gasteiger partial charge in [-0.3, -0.25) is 0 Å². The second-order valence-corrected chi connectivity index (χ2v) is 5.40. The van der Waals surface area contributed by atoms with Gasteiger partial charge in [0.2, 0.25) is 0 Å². The number of halogens is 2. The van der Waals surface area contributed by atoms with Gasteiger partial charge in [0, 0.05) is 11.1 Å².